The first-order valence-electron chi connectivity index (χ1n) is 6.28. The average molecular weight is 269 g/mol. The smallest absolute Gasteiger partial charge is 0.227 e. The number of rotatable bonds is 3. The summed E-state index contributed by atoms with van der Waals surface area (Å²) in [7, 11) is 0. The third kappa shape index (κ3) is 3.47. The molecule has 0 bridgehead atoms. The standard InChI is InChI=1S/C14H20N2O.ClH/c1-10-4-2-6-12(8-10)16-14(17)13-7-3-5-11(13)9-15;/h2,4,6,8,11,13H,3,5,7,9,15H2,1H3,(H,16,17);1H/t11-,13-;/m1./s1. The van der Waals surface area contributed by atoms with Gasteiger partial charge in [0, 0.05) is 11.6 Å². The van der Waals surface area contributed by atoms with Crippen LogP contribution in [0.2, 0.25) is 0 Å². The van der Waals surface area contributed by atoms with E-state index in [-0.39, 0.29) is 24.2 Å². The van der Waals surface area contributed by atoms with Crippen molar-refractivity contribution in [2.75, 3.05) is 11.9 Å². The average Bonchev–Trinajstić information content (AvgIpc) is 2.77. The van der Waals surface area contributed by atoms with Crippen LogP contribution < -0.4 is 11.1 Å². The van der Waals surface area contributed by atoms with Crippen molar-refractivity contribution in [2.24, 2.45) is 17.6 Å². The third-order valence-corrected chi connectivity index (χ3v) is 3.58. The molecule has 0 spiro atoms. The number of hydrogen-bond donors (Lipinski definition) is 2. The van der Waals surface area contributed by atoms with Crippen molar-refractivity contribution >= 4 is 24.0 Å². The van der Waals surface area contributed by atoms with Gasteiger partial charge in [0.15, 0.2) is 0 Å². The Morgan fingerprint density at radius 2 is 2.22 bits per heavy atom. The fourth-order valence-corrected chi connectivity index (χ4v) is 2.62. The zero-order valence-electron chi connectivity index (χ0n) is 10.7. The van der Waals surface area contributed by atoms with Crippen LogP contribution in [-0.2, 0) is 4.79 Å². The minimum absolute atomic E-state index is 0. The van der Waals surface area contributed by atoms with Crippen LogP contribution in [0.3, 0.4) is 0 Å². The lowest BCUT2D eigenvalue weighted by atomic mass is 9.95. The van der Waals surface area contributed by atoms with Crippen molar-refractivity contribution in [3.05, 3.63) is 29.8 Å². The van der Waals surface area contributed by atoms with Crippen molar-refractivity contribution in [1.82, 2.24) is 0 Å². The fraction of sp³-hybridized carbons (Fsp3) is 0.500. The van der Waals surface area contributed by atoms with Gasteiger partial charge in [-0.05, 0) is 49.9 Å². The summed E-state index contributed by atoms with van der Waals surface area (Å²) in [5, 5.41) is 2.99. The SMILES string of the molecule is Cc1cccc(NC(=O)[C@@H]2CCC[C@@H]2CN)c1.Cl. The molecule has 1 fully saturated rings. The number of nitrogens with one attached hydrogen (secondary N) is 1. The van der Waals surface area contributed by atoms with Crippen molar-refractivity contribution in [3.63, 3.8) is 0 Å². The van der Waals surface area contributed by atoms with E-state index in [1.807, 2.05) is 31.2 Å². The minimum Gasteiger partial charge on any atom is -0.330 e. The number of carbonyl (C=O) groups is 1. The first-order chi connectivity index (χ1) is 8.20. The van der Waals surface area contributed by atoms with E-state index in [0.717, 1.165) is 30.5 Å². The van der Waals surface area contributed by atoms with E-state index in [1.54, 1.807) is 0 Å². The van der Waals surface area contributed by atoms with Crippen LogP contribution in [0.4, 0.5) is 5.69 Å². The molecule has 1 aliphatic carbocycles. The predicted molar refractivity (Wildman–Crippen MR) is 76.9 cm³/mol. The van der Waals surface area contributed by atoms with Crippen LogP contribution in [0.1, 0.15) is 24.8 Å². The maximum atomic E-state index is 12.1. The van der Waals surface area contributed by atoms with E-state index in [4.69, 9.17) is 5.73 Å². The van der Waals surface area contributed by atoms with E-state index in [1.165, 1.54) is 0 Å². The summed E-state index contributed by atoms with van der Waals surface area (Å²) >= 11 is 0. The third-order valence-electron chi connectivity index (χ3n) is 3.58. The quantitative estimate of drug-likeness (QED) is 0.886. The highest BCUT2D eigenvalue weighted by molar-refractivity contribution is 5.93. The Morgan fingerprint density at radius 3 is 2.89 bits per heavy atom. The second kappa shape index (κ2) is 6.76. The monoisotopic (exact) mass is 268 g/mol. The summed E-state index contributed by atoms with van der Waals surface area (Å²) in [5.41, 5.74) is 7.74. The first kappa shape index (κ1) is 15.0. The molecular weight excluding hydrogens is 248 g/mol. The molecule has 0 radical (unpaired) electrons. The van der Waals surface area contributed by atoms with Gasteiger partial charge in [0.05, 0.1) is 0 Å². The van der Waals surface area contributed by atoms with Gasteiger partial charge in [0.2, 0.25) is 5.91 Å². The number of benzene rings is 1. The van der Waals surface area contributed by atoms with Gasteiger partial charge < -0.3 is 11.1 Å². The summed E-state index contributed by atoms with van der Waals surface area (Å²) in [6, 6.07) is 7.90. The molecule has 0 aromatic heterocycles. The molecule has 3 N–H and O–H groups in total. The molecule has 100 valence electrons. The largest absolute Gasteiger partial charge is 0.330 e. The normalized spacial score (nSPS) is 22.3. The lowest BCUT2D eigenvalue weighted by Crippen LogP contribution is -2.29. The molecule has 2 rings (SSSR count). The van der Waals surface area contributed by atoms with Gasteiger partial charge in [-0.2, -0.15) is 0 Å². The number of nitrogens with two attached hydrogens (primary N) is 1. The lowest BCUT2D eigenvalue weighted by molar-refractivity contribution is -0.120. The summed E-state index contributed by atoms with van der Waals surface area (Å²) in [5.74, 6) is 0.587. The summed E-state index contributed by atoms with van der Waals surface area (Å²) < 4.78 is 0. The van der Waals surface area contributed by atoms with Crippen LogP contribution >= 0.6 is 12.4 Å². The molecule has 0 aliphatic heterocycles. The topological polar surface area (TPSA) is 55.1 Å². The van der Waals surface area contributed by atoms with Crippen LogP contribution in [-0.4, -0.2) is 12.5 Å². The predicted octanol–water partition coefficient (Wildman–Crippen LogP) is 2.73. The van der Waals surface area contributed by atoms with E-state index < -0.39 is 0 Å². The number of carbonyl (C=O) groups excluding carboxylic acids is 1. The number of aryl methyl sites for hydroxylation is 1. The Balaban J connectivity index is 0.00000162. The number of hydrogen-bond acceptors (Lipinski definition) is 2. The molecule has 0 unspecified atom stereocenters. The van der Waals surface area contributed by atoms with Gasteiger partial charge in [0.1, 0.15) is 0 Å². The zero-order chi connectivity index (χ0) is 12.3. The Kier molecular flexibility index (Phi) is 5.63. The molecule has 1 amide bonds. The first-order valence-corrected chi connectivity index (χ1v) is 6.28. The minimum atomic E-state index is 0. The summed E-state index contributed by atoms with van der Waals surface area (Å²) in [6.45, 7) is 2.64. The molecule has 0 saturated heterocycles. The molecule has 0 heterocycles. The van der Waals surface area contributed by atoms with Crippen molar-refractivity contribution in [2.45, 2.75) is 26.2 Å². The van der Waals surface area contributed by atoms with E-state index in [0.29, 0.717) is 12.5 Å². The van der Waals surface area contributed by atoms with Gasteiger partial charge >= 0.3 is 0 Å². The van der Waals surface area contributed by atoms with E-state index in [9.17, 15) is 4.79 Å². The van der Waals surface area contributed by atoms with Crippen molar-refractivity contribution < 1.29 is 4.79 Å². The molecule has 2 atom stereocenters. The van der Waals surface area contributed by atoms with Crippen LogP contribution in [0.15, 0.2) is 24.3 Å². The van der Waals surface area contributed by atoms with Crippen LogP contribution in [0, 0.1) is 18.8 Å². The van der Waals surface area contributed by atoms with Gasteiger partial charge in [-0.25, -0.2) is 0 Å². The van der Waals surface area contributed by atoms with Gasteiger partial charge in [-0.15, -0.1) is 12.4 Å². The second-order valence-electron chi connectivity index (χ2n) is 4.89. The van der Waals surface area contributed by atoms with Crippen molar-refractivity contribution in [1.29, 1.82) is 0 Å². The molecule has 3 nitrogen and oxygen atoms in total. The highest BCUT2D eigenvalue weighted by Gasteiger charge is 2.31. The summed E-state index contributed by atoms with van der Waals surface area (Å²) in [4.78, 5) is 12.1. The van der Waals surface area contributed by atoms with Gasteiger partial charge in [-0.1, -0.05) is 18.6 Å². The second-order valence-corrected chi connectivity index (χ2v) is 4.89. The van der Waals surface area contributed by atoms with Crippen LogP contribution in [0.5, 0.6) is 0 Å². The maximum absolute atomic E-state index is 12.1. The number of anilines is 1. The number of halogens is 1. The zero-order valence-corrected chi connectivity index (χ0v) is 11.5. The highest BCUT2D eigenvalue weighted by atomic mass is 35.5. The Labute approximate surface area is 115 Å². The van der Waals surface area contributed by atoms with Crippen molar-refractivity contribution in [3.8, 4) is 0 Å². The molecule has 1 aromatic rings. The van der Waals surface area contributed by atoms with Gasteiger partial charge in [0.25, 0.3) is 0 Å². The molecule has 18 heavy (non-hydrogen) atoms. The Morgan fingerprint density at radius 1 is 1.44 bits per heavy atom. The highest BCUT2D eigenvalue weighted by Crippen LogP contribution is 2.31. The lowest BCUT2D eigenvalue weighted by Gasteiger charge is -2.17. The molecular formula is C14H21ClN2O. The van der Waals surface area contributed by atoms with E-state index in [2.05, 4.69) is 5.32 Å². The van der Waals surface area contributed by atoms with Gasteiger partial charge in [-0.3, -0.25) is 4.79 Å². The number of amides is 1. The Bertz CT molecular complexity index is 409. The summed E-state index contributed by atoms with van der Waals surface area (Å²) in [6.07, 6.45) is 3.18. The van der Waals surface area contributed by atoms with Crippen LogP contribution in [0.25, 0.3) is 0 Å². The molecule has 1 saturated carbocycles. The fourth-order valence-electron chi connectivity index (χ4n) is 2.62. The maximum Gasteiger partial charge on any atom is 0.227 e. The molecule has 4 heteroatoms. The molecule has 1 aromatic carbocycles. The van der Waals surface area contributed by atoms with E-state index >= 15 is 0 Å². The Hall–Kier alpha value is -1.06. The molecule has 1 aliphatic rings.